The molecule has 3 rings (SSSR count). The zero-order valence-electron chi connectivity index (χ0n) is 17.6. The van der Waals surface area contributed by atoms with Crippen LogP contribution in [0.2, 0.25) is 0 Å². The SMILES string of the molecule is CCCCOc1ccc(NC(=O)C2CCN(c3ccccc3[N+](=O)[O-])CC2)c(C)c1. The highest BCUT2D eigenvalue weighted by Gasteiger charge is 2.28. The number of aryl methyl sites for hydroxylation is 1. The second kappa shape index (κ2) is 10.1. The minimum Gasteiger partial charge on any atom is -0.494 e. The Balaban J connectivity index is 1.56. The number of para-hydroxylation sites is 2. The van der Waals surface area contributed by atoms with Gasteiger partial charge in [-0.05, 0) is 56.0 Å². The molecule has 1 heterocycles. The maximum atomic E-state index is 12.8. The zero-order chi connectivity index (χ0) is 21.5. The number of benzene rings is 2. The second-order valence-corrected chi connectivity index (χ2v) is 7.68. The summed E-state index contributed by atoms with van der Waals surface area (Å²) >= 11 is 0. The van der Waals surface area contributed by atoms with E-state index in [9.17, 15) is 14.9 Å². The highest BCUT2D eigenvalue weighted by molar-refractivity contribution is 5.93. The van der Waals surface area contributed by atoms with E-state index in [1.807, 2.05) is 30.0 Å². The lowest BCUT2D eigenvalue weighted by molar-refractivity contribution is -0.384. The minimum absolute atomic E-state index is 0.0000345. The van der Waals surface area contributed by atoms with Crippen molar-refractivity contribution in [1.29, 1.82) is 0 Å². The van der Waals surface area contributed by atoms with Crippen LogP contribution in [-0.2, 0) is 4.79 Å². The molecule has 0 unspecified atom stereocenters. The van der Waals surface area contributed by atoms with E-state index in [4.69, 9.17) is 4.74 Å². The van der Waals surface area contributed by atoms with E-state index in [1.165, 1.54) is 6.07 Å². The van der Waals surface area contributed by atoms with Crippen LogP contribution in [0.3, 0.4) is 0 Å². The lowest BCUT2D eigenvalue weighted by atomic mass is 9.95. The highest BCUT2D eigenvalue weighted by Crippen LogP contribution is 2.31. The number of unbranched alkanes of at least 4 members (excludes halogenated alkanes) is 1. The summed E-state index contributed by atoms with van der Waals surface area (Å²) in [5.74, 6) is 0.709. The van der Waals surface area contributed by atoms with Crippen LogP contribution in [0.25, 0.3) is 0 Å². The number of nitro benzene ring substituents is 1. The molecule has 7 nitrogen and oxygen atoms in total. The summed E-state index contributed by atoms with van der Waals surface area (Å²) in [6.07, 6.45) is 3.43. The van der Waals surface area contributed by atoms with Crippen molar-refractivity contribution in [3.05, 3.63) is 58.1 Å². The summed E-state index contributed by atoms with van der Waals surface area (Å²) in [6.45, 7) is 6.01. The summed E-state index contributed by atoms with van der Waals surface area (Å²) < 4.78 is 5.72. The Morgan fingerprint density at radius 2 is 1.97 bits per heavy atom. The van der Waals surface area contributed by atoms with Crippen LogP contribution in [0, 0.1) is 23.0 Å². The van der Waals surface area contributed by atoms with Gasteiger partial charge < -0.3 is 15.0 Å². The quantitative estimate of drug-likeness (QED) is 0.378. The van der Waals surface area contributed by atoms with E-state index >= 15 is 0 Å². The fourth-order valence-electron chi connectivity index (χ4n) is 3.70. The number of nitrogens with zero attached hydrogens (tertiary/aromatic N) is 2. The number of ether oxygens (including phenoxy) is 1. The maximum absolute atomic E-state index is 12.8. The number of piperidine rings is 1. The van der Waals surface area contributed by atoms with Gasteiger partial charge in [-0.2, -0.15) is 0 Å². The third kappa shape index (κ3) is 5.28. The van der Waals surface area contributed by atoms with E-state index in [-0.39, 0.29) is 22.4 Å². The van der Waals surface area contributed by atoms with Crippen molar-refractivity contribution in [3.63, 3.8) is 0 Å². The van der Waals surface area contributed by atoms with E-state index < -0.39 is 0 Å². The molecule has 0 aliphatic carbocycles. The number of hydrogen-bond acceptors (Lipinski definition) is 5. The Morgan fingerprint density at radius 3 is 2.63 bits per heavy atom. The Morgan fingerprint density at radius 1 is 1.23 bits per heavy atom. The van der Waals surface area contributed by atoms with Crippen molar-refractivity contribution in [2.24, 2.45) is 5.92 Å². The molecular formula is C23H29N3O4. The average molecular weight is 412 g/mol. The highest BCUT2D eigenvalue weighted by atomic mass is 16.6. The lowest BCUT2D eigenvalue weighted by Gasteiger charge is -2.32. The molecule has 1 saturated heterocycles. The van der Waals surface area contributed by atoms with Crippen LogP contribution < -0.4 is 15.0 Å². The molecular weight excluding hydrogens is 382 g/mol. The first-order chi connectivity index (χ1) is 14.5. The summed E-state index contributed by atoms with van der Waals surface area (Å²) in [7, 11) is 0. The molecule has 0 atom stereocenters. The first-order valence-corrected chi connectivity index (χ1v) is 10.5. The number of amides is 1. The molecule has 1 aliphatic heterocycles. The van der Waals surface area contributed by atoms with Gasteiger partial charge in [-0.1, -0.05) is 25.5 Å². The Hall–Kier alpha value is -3.09. The number of carbonyl (C=O) groups is 1. The summed E-state index contributed by atoms with van der Waals surface area (Å²) in [4.78, 5) is 25.7. The van der Waals surface area contributed by atoms with Gasteiger partial charge in [-0.25, -0.2) is 0 Å². The van der Waals surface area contributed by atoms with Crippen LogP contribution in [0.15, 0.2) is 42.5 Å². The molecule has 0 spiro atoms. The average Bonchev–Trinajstić information content (AvgIpc) is 2.76. The molecule has 30 heavy (non-hydrogen) atoms. The Bertz CT molecular complexity index is 892. The third-order valence-electron chi connectivity index (χ3n) is 5.51. The maximum Gasteiger partial charge on any atom is 0.292 e. The minimum atomic E-state index is -0.355. The first kappa shape index (κ1) is 21.6. The van der Waals surface area contributed by atoms with Gasteiger partial charge in [-0.15, -0.1) is 0 Å². The molecule has 0 bridgehead atoms. The molecule has 2 aromatic carbocycles. The van der Waals surface area contributed by atoms with Crippen LogP contribution in [0.4, 0.5) is 17.1 Å². The van der Waals surface area contributed by atoms with Crippen LogP contribution in [0.1, 0.15) is 38.2 Å². The standard InChI is InChI=1S/C23H29N3O4/c1-3-4-15-30-19-9-10-20(17(2)16-19)24-23(27)18-11-13-25(14-12-18)21-7-5-6-8-22(21)26(28)29/h5-10,16,18H,3-4,11-15H2,1-2H3,(H,24,27). The molecule has 2 aromatic rings. The van der Waals surface area contributed by atoms with Gasteiger partial charge in [-0.3, -0.25) is 14.9 Å². The van der Waals surface area contributed by atoms with Gasteiger partial charge in [0.2, 0.25) is 5.91 Å². The third-order valence-corrected chi connectivity index (χ3v) is 5.51. The van der Waals surface area contributed by atoms with Crippen molar-refractivity contribution >= 4 is 23.0 Å². The molecule has 0 radical (unpaired) electrons. The first-order valence-electron chi connectivity index (χ1n) is 10.5. The van der Waals surface area contributed by atoms with Crippen molar-refractivity contribution in [2.45, 2.75) is 39.5 Å². The number of nitro groups is 1. The predicted molar refractivity (Wildman–Crippen MR) is 118 cm³/mol. The van der Waals surface area contributed by atoms with E-state index in [1.54, 1.807) is 18.2 Å². The Labute approximate surface area is 177 Å². The normalized spacial score (nSPS) is 14.4. The van der Waals surface area contributed by atoms with Crippen LogP contribution in [-0.4, -0.2) is 30.5 Å². The number of rotatable bonds is 8. The number of carbonyl (C=O) groups excluding carboxylic acids is 1. The van der Waals surface area contributed by atoms with Gasteiger partial charge in [0.1, 0.15) is 11.4 Å². The molecule has 1 amide bonds. The molecule has 7 heteroatoms. The summed E-state index contributed by atoms with van der Waals surface area (Å²) in [6, 6.07) is 12.5. The lowest BCUT2D eigenvalue weighted by Crippen LogP contribution is -2.38. The van der Waals surface area contributed by atoms with Crippen LogP contribution >= 0.6 is 0 Å². The summed E-state index contributed by atoms with van der Waals surface area (Å²) in [5.41, 5.74) is 2.49. The molecule has 1 N–H and O–H groups in total. The van der Waals surface area contributed by atoms with Gasteiger partial charge in [0.25, 0.3) is 5.69 Å². The topological polar surface area (TPSA) is 84.7 Å². The predicted octanol–water partition coefficient (Wildman–Crippen LogP) is 4.94. The Kier molecular flexibility index (Phi) is 7.27. The van der Waals surface area contributed by atoms with E-state index in [0.717, 1.165) is 29.8 Å². The smallest absolute Gasteiger partial charge is 0.292 e. The van der Waals surface area contributed by atoms with E-state index in [0.29, 0.717) is 38.2 Å². The molecule has 0 aromatic heterocycles. The molecule has 1 fully saturated rings. The molecule has 1 aliphatic rings. The monoisotopic (exact) mass is 411 g/mol. The largest absolute Gasteiger partial charge is 0.494 e. The number of nitrogens with one attached hydrogen (secondary N) is 1. The van der Waals surface area contributed by atoms with E-state index in [2.05, 4.69) is 12.2 Å². The second-order valence-electron chi connectivity index (χ2n) is 7.68. The van der Waals surface area contributed by atoms with Gasteiger partial charge >= 0.3 is 0 Å². The molecule has 160 valence electrons. The van der Waals surface area contributed by atoms with Gasteiger partial charge in [0, 0.05) is 30.8 Å². The van der Waals surface area contributed by atoms with Crippen molar-refractivity contribution < 1.29 is 14.5 Å². The van der Waals surface area contributed by atoms with Crippen LogP contribution in [0.5, 0.6) is 5.75 Å². The van der Waals surface area contributed by atoms with Gasteiger partial charge in [0.15, 0.2) is 0 Å². The van der Waals surface area contributed by atoms with Crippen molar-refractivity contribution in [2.75, 3.05) is 29.9 Å². The zero-order valence-corrected chi connectivity index (χ0v) is 17.6. The summed E-state index contributed by atoms with van der Waals surface area (Å²) in [5, 5.41) is 14.3. The molecule has 0 saturated carbocycles. The number of hydrogen-bond donors (Lipinski definition) is 1. The van der Waals surface area contributed by atoms with Crippen molar-refractivity contribution in [1.82, 2.24) is 0 Å². The number of anilines is 2. The van der Waals surface area contributed by atoms with Crippen molar-refractivity contribution in [3.8, 4) is 5.75 Å². The van der Waals surface area contributed by atoms with Gasteiger partial charge in [0.05, 0.1) is 11.5 Å². The fraction of sp³-hybridized carbons (Fsp3) is 0.435. The fourth-order valence-corrected chi connectivity index (χ4v) is 3.70.